The Morgan fingerprint density at radius 3 is 2.75 bits per heavy atom. The number of hydrogen-bond acceptors (Lipinski definition) is 4. The van der Waals surface area contributed by atoms with Gasteiger partial charge in [0.05, 0.1) is 0 Å². The van der Waals surface area contributed by atoms with Crippen LogP contribution in [0.4, 0.5) is 5.82 Å². The lowest BCUT2D eigenvalue weighted by Gasteiger charge is -2.28. The number of rotatable bonds is 5. The molecule has 20 heavy (non-hydrogen) atoms. The minimum Gasteiger partial charge on any atom is -0.356 e. The molecule has 1 aliphatic heterocycles. The van der Waals surface area contributed by atoms with Gasteiger partial charge in [-0.2, -0.15) is 0 Å². The molecule has 0 unspecified atom stereocenters. The Bertz CT molecular complexity index is 455. The van der Waals surface area contributed by atoms with Gasteiger partial charge in [-0.25, -0.2) is 9.97 Å². The summed E-state index contributed by atoms with van der Waals surface area (Å²) in [6, 6.07) is 1.82. The van der Waals surface area contributed by atoms with Crippen LogP contribution in [-0.4, -0.2) is 35.5 Å². The lowest BCUT2D eigenvalue weighted by molar-refractivity contribution is 0.0948. The van der Waals surface area contributed by atoms with Gasteiger partial charge in [0.1, 0.15) is 17.3 Å². The lowest BCUT2D eigenvalue weighted by Crippen LogP contribution is -2.31. The molecule has 0 bridgehead atoms. The average Bonchev–Trinajstić information content (AvgIpc) is 2.47. The van der Waals surface area contributed by atoms with Crippen molar-refractivity contribution in [2.24, 2.45) is 0 Å². The summed E-state index contributed by atoms with van der Waals surface area (Å²) in [5, 5.41) is 2.91. The molecule has 2 rings (SSSR count). The number of carbonyl (C=O) groups is 1. The number of aromatic nitrogens is 2. The topological polar surface area (TPSA) is 58.1 Å². The van der Waals surface area contributed by atoms with E-state index in [1.807, 2.05) is 13.0 Å². The molecule has 5 heteroatoms. The van der Waals surface area contributed by atoms with Gasteiger partial charge in [-0.15, -0.1) is 0 Å². The minimum atomic E-state index is -0.0952. The van der Waals surface area contributed by atoms with Crippen LogP contribution in [0.5, 0.6) is 0 Å². The molecule has 0 atom stereocenters. The highest BCUT2D eigenvalue weighted by atomic mass is 16.1. The first-order valence-corrected chi connectivity index (χ1v) is 7.59. The molecule has 1 saturated heterocycles. The molecule has 5 nitrogen and oxygen atoms in total. The van der Waals surface area contributed by atoms with Crippen molar-refractivity contribution >= 4 is 11.7 Å². The van der Waals surface area contributed by atoms with E-state index in [4.69, 9.17) is 0 Å². The molecule has 0 spiro atoms. The largest absolute Gasteiger partial charge is 0.356 e. The van der Waals surface area contributed by atoms with Crippen LogP contribution in [0.2, 0.25) is 0 Å². The minimum absolute atomic E-state index is 0.0952. The number of nitrogens with one attached hydrogen (secondary N) is 1. The second-order valence-corrected chi connectivity index (χ2v) is 5.32. The number of nitrogens with zero attached hydrogens (tertiary/aromatic N) is 3. The smallest absolute Gasteiger partial charge is 0.270 e. The Balaban J connectivity index is 2.09. The first kappa shape index (κ1) is 14.8. The van der Waals surface area contributed by atoms with Gasteiger partial charge in [-0.05, 0) is 32.6 Å². The third kappa shape index (κ3) is 3.92. The molecule has 1 fully saturated rings. The Kier molecular flexibility index (Phi) is 5.32. The summed E-state index contributed by atoms with van der Waals surface area (Å²) >= 11 is 0. The maximum Gasteiger partial charge on any atom is 0.270 e. The maximum absolute atomic E-state index is 12.1. The van der Waals surface area contributed by atoms with Crippen molar-refractivity contribution in [3.8, 4) is 0 Å². The van der Waals surface area contributed by atoms with E-state index in [1.165, 1.54) is 19.3 Å². The van der Waals surface area contributed by atoms with E-state index < -0.39 is 0 Å². The van der Waals surface area contributed by atoms with Gasteiger partial charge in [0.2, 0.25) is 0 Å². The summed E-state index contributed by atoms with van der Waals surface area (Å²) in [5.41, 5.74) is 0.481. The predicted molar refractivity (Wildman–Crippen MR) is 80.1 cm³/mol. The Morgan fingerprint density at radius 2 is 2.05 bits per heavy atom. The van der Waals surface area contributed by atoms with Gasteiger partial charge >= 0.3 is 0 Å². The molecule has 1 aromatic heterocycles. The quantitative estimate of drug-likeness (QED) is 0.838. The van der Waals surface area contributed by atoms with Crippen LogP contribution >= 0.6 is 0 Å². The molecule has 110 valence electrons. The number of hydrogen-bond donors (Lipinski definition) is 1. The molecular formula is C15H24N4O. The molecule has 0 aliphatic carbocycles. The molecule has 0 radical (unpaired) electrons. The van der Waals surface area contributed by atoms with E-state index in [0.717, 1.165) is 31.7 Å². The maximum atomic E-state index is 12.1. The summed E-state index contributed by atoms with van der Waals surface area (Å²) in [6.07, 6.45) is 5.74. The third-order valence-corrected chi connectivity index (χ3v) is 3.55. The fourth-order valence-corrected chi connectivity index (χ4v) is 2.42. The fraction of sp³-hybridized carbons (Fsp3) is 0.667. The molecule has 1 N–H and O–H groups in total. The molecule has 0 saturated carbocycles. The summed E-state index contributed by atoms with van der Waals surface area (Å²) in [4.78, 5) is 23.1. The number of amides is 1. The van der Waals surface area contributed by atoms with Gasteiger partial charge in [0.15, 0.2) is 0 Å². The highest BCUT2D eigenvalue weighted by Crippen LogP contribution is 2.18. The van der Waals surface area contributed by atoms with Crippen LogP contribution < -0.4 is 10.2 Å². The van der Waals surface area contributed by atoms with Crippen molar-refractivity contribution in [1.29, 1.82) is 0 Å². The van der Waals surface area contributed by atoms with Crippen molar-refractivity contribution in [2.75, 3.05) is 24.5 Å². The first-order valence-electron chi connectivity index (χ1n) is 7.59. The zero-order valence-electron chi connectivity index (χ0n) is 12.5. The molecule has 1 aromatic rings. The second-order valence-electron chi connectivity index (χ2n) is 5.32. The van der Waals surface area contributed by atoms with E-state index in [1.54, 1.807) is 0 Å². The van der Waals surface area contributed by atoms with Crippen molar-refractivity contribution < 1.29 is 4.79 Å². The van der Waals surface area contributed by atoms with Crippen LogP contribution in [-0.2, 0) is 0 Å². The summed E-state index contributed by atoms with van der Waals surface area (Å²) in [5.74, 6) is 1.45. The van der Waals surface area contributed by atoms with Crippen molar-refractivity contribution in [2.45, 2.75) is 46.0 Å². The summed E-state index contributed by atoms with van der Waals surface area (Å²) in [7, 11) is 0. The Labute approximate surface area is 120 Å². The first-order chi connectivity index (χ1) is 9.70. The highest BCUT2D eigenvalue weighted by Gasteiger charge is 2.16. The lowest BCUT2D eigenvalue weighted by atomic mass is 10.1. The van der Waals surface area contributed by atoms with E-state index in [9.17, 15) is 4.79 Å². The summed E-state index contributed by atoms with van der Waals surface area (Å²) < 4.78 is 0. The standard InChI is InChI=1S/C15H24N4O/c1-3-4-8-16-15(20)13-11-14(18-12(2)17-13)19-9-6-5-7-10-19/h11H,3-10H2,1-2H3,(H,16,20). The summed E-state index contributed by atoms with van der Waals surface area (Å²) in [6.45, 7) is 6.70. The normalized spacial score (nSPS) is 15.2. The van der Waals surface area contributed by atoms with E-state index >= 15 is 0 Å². The van der Waals surface area contributed by atoms with Gasteiger partial charge < -0.3 is 10.2 Å². The van der Waals surface area contributed by atoms with Crippen molar-refractivity contribution in [3.05, 3.63) is 17.6 Å². The van der Waals surface area contributed by atoms with E-state index in [0.29, 0.717) is 18.1 Å². The molecule has 1 aliphatic rings. The number of carbonyl (C=O) groups excluding carboxylic acids is 1. The van der Waals surface area contributed by atoms with Crippen LogP contribution in [0.25, 0.3) is 0 Å². The van der Waals surface area contributed by atoms with Gasteiger partial charge in [-0.1, -0.05) is 13.3 Å². The SMILES string of the molecule is CCCCNC(=O)c1cc(N2CCCCC2)nc(C)n1. The second kappa shape index (κ2) is 7.22. The van der Waals surface area contributed by atoms with Gasteiger partial charge in [-0.3, -0.25) is 4.79 Å². The van der Waals surface area contributed by atoms with Crippen LogP contribution in [0, 0.1) is 6.92 Å². The van der Waals surface area contributed by atoms with Crippen molar-refractivity contribution in [1.82, 2.24) is 15.3 Å². The van der Waals surface area contributed by atoms with Crippen molar-refractivity contribution in [3.63, 3.8) is 0 Å². The van der Waals surface area contributed by atoms with Crippen LogP contribution in [0.3, 0.4) is 0 Å². The van der Waals surface area contributed by atoms with E-state index in [2.05, 4.69) is 27.1 Å². The number of anilines is 1. The fourth-order valence-electron chi connectivity index (χ4n) is 2.42. The Morgan fingerprint density at radius 1 is 1.30 bits per heavy atom. The monoisotopic (exact) mass is 276 g/mol. The predicted octanol–water partition coefficient (Wildman–Crippen LogP) is 2.31. The average molecular weight is 276 g/mol. The number of aryl methyl sites for hydroxylation is 1. The van der Waals surface area contributed by atoms with Crippen LogP contribution in [0.1, 0.15) is 55.3 Å². The van der Waals surface area contributed by atoms with E-state index in [-0.39, 0.29) is 5.91 Å². The van der Waals surface area contributed by atoms with Crippen LogP contribution in [0.15, 0.2) is 6.07 Å². The molecule has 0 aromatic carbocycles. The Hall–Kier alpha value is -1.65. The van der Waals surface area contributed by atoms with Gasteiger partial charge in [0.25, 0.3) is 5.91 Å². The number of piperidine rings is 1. The molecule has 2 heterocycles. The number of unbranched alkanes of at least 4 members (excludes halogenated alkanes) is 1. The molecule has 1 amide bonds. The van der Waals surface area contributed by atoms with Gasteiger partial charge in [0, 0.05) is 25.7 Å². The molecular weight excluding hydrogens is 252 g/mol. The third-order valence-electron chi connectivity index (χ3n) is 3.55. The zero-order valence-corrected chi connectivity index (χ0v) is 12.5. The zero-order chi connectivity index (χ0) is 14.4. The highest BCUT2D eigenvalue weighted by molar-refractivity contribution is 5.92.